The first-order valence-corrected chi connectivity index (χ1v) is 11.2. The molecular formula is C25H30N6O2. The zero-order chi connectivity index (χ0) is 24.0. The van der Waals surface area contributed by atoms with Gasteiger partial charge in [-0.2, -0.15) is 5.26 Å². The molecule has 0 atom stereocenters. The summed E-state index contributed by atoms with van der Waals surface area (Å²) in [6.07, 6.45) is 4.30. The first-order chi connectivity index (χ1) is 16.0. The van der Waals surface area contributed by atoms with Crippen molar-refractivity contribution in [3.05, 3.63) is 47.4 Å². The number of nitrogens with two attached hydrogens (primary N) is 1. The molecule has 0 aliphatic rings. The monoisotopic (exact) mass is 446 g/mol. The summed E-state index contributed by atoms with van der Waals surface area (Å²) in [5, 5.41) is 20.0. The topological polar surface area (TPSA) is 121 Å². The van der Waals surface area contributed by atoms with Gasteiger partial charge >= 0.3 is 0 Å². The molecule has 0 saturated carbocycles. The van der Waals surface area contributed by atoms with Crippen molar-refractivity contribution in [2.45, 2.75) is 40.2 Å². The van der Waals surface area contributed by atoms with Crippen molar-refractivity contribution in [3.63, 3.8) is 0 Å². The SMILES string of the molecule is CCCN(CC)C(=O)C(C#N)=Cc1c(-c2ccc(C)cc2)c2c(N)ncnc2n1CCCO. The lowest BCUT2D eigenvalue weighted by molar-refractivity contribution is -0.126. The summed E-state index contributed by atoms with van der Waals surface area (Å²) in [5.41, 5.74) is 10.3. The molecule has 0 unspecified atom stereocenters. The number of nitrogens with zero attached hydrogens (tertiary/aromatic N) is 5. The highest BCUT2D eigenvalue weighted by Crippen LogP contribution is 2.38. The van der Waals surface area contributed by atoms with Crippen molar-refractivity contribution in [1.82, 2.24) is 19.4 Å². The number of hydrogen-bond donors (Lipinski definition) is 2. The van der Waals surface area contributed by atoms with Crippen LogP contribution in [0.4, 0.5) is 5.82 Å². The maximum absolute atomic E-state index is 13.1. The summed E-state index contributed by atoms with van der Waals surface area (Å²) < 4.78 is 1.90. The number of anilines is 1. The number of likely N-dealkylation sites (N-methyl/N-ethyl adjacent to an activating group) is 1. The Morgan fingerprint density at radius 1 is 1.27 bits per heavy atom. The minimum atomic E-state index is -0.310. The fourth-order valence-electron chi connectivity index (χ4n) is 3.95. The number of aliphatic hydroxyl groups excluding tert-OH is 1. The number of carbonyl (C=O) groups excluding carboxylic acids is 1. The van der Waals surface area contributed by atoms with Gasteiger partial charge in [0.05, 0.1) is 11.1 Å². The number of hydrogen-bond acceptors (Lipinski definition) is 6. The lowest BCUT2D eigenvalue weighted by Crippen LogP contribution is -2.32. The predicted octanol–water partition coefficient (Wildman–Crippen LogP) is 3.54. The molecular weight excluding hydrogens is 416 g/mol. The van der Waals surface area contributed by atoms with Crippen LogP contribution in [-0.4, -0.2) is 50.1 Å². The van der Waals surface area contributed by atoms with E-state index in [1.54, 1.807) is 11.0 Å². The summed E-state index contributed by atoms with van der Waals surface area (Å²) in [6, 6.07) is 10.0. The smallest absolute Gasteiger partial charge is 0.264 e. The number of nitrogen functional groups attached to an aromatic ring is 1. The van der Waals surface area contributed by atoms with Crippen molar-refractivity contribution >= 4 is 28.8 Å². The van der Waals surface area contributed by atoms with Gasteiger partial charge in [-0.3, -0.25) is 4.79 Å². The first kappa shape index (κ1) is 24.0. The molecule has 2 aromatic heterocycles. The zero-order valence-electron chi connectivity index (χ0n) is 19.4. The second-order valence-corrected chi connectivity index (χ2v) is 7.87. The van der Waals surface area contributed by atoms with E-state index in [2.05, 4.69) is 16.0 Å². The maximum atomic E-state index is 13.1. The van der Waals surface area contributed by atoms with E-state index in [1.165, 1.54) is 6.33 Å². The van der Waals surface area contributed by atoms with Gasteiger partial charge in [0.25, 0.3) is 5.91 Å². The third kappa shape index (κ3) is 4.89. The minimum absolute atomic E-state index is 0.00654. The molecule has 8 nitrogen and oxygen atoms in total. The van der Waals surface area contributed by atoms with Crippen LogP contribution in [-0.2, 0) is 11.3 Å². The van der Waals surface area contributed by atoms with E-state index >= 15 is 0 Å². The Bertz CT molecular complexity index is 1200. The van der Waals surface area contributed by atoms with Crippen molar-refractivity contribution in [2.24, 2.45) is 0 Å². The van der Waals surface area contributed by atoms with Gasteiger partial charge in [0, 0.05) is 31.8 Å². The molecule has 0 aliphatic carbocycles. The van der Waals surface area contributed by atoms with Crippen LogP contribution < -0.4 is 5.73 Å². The molecule has 1 amide bonds. The largest absolute Gasteiger partial charge is 0.396 e. The van der Waals surface area contributed by atoms with Crippen LogP contribution in [0.25, 0.3) is 28.2 Å². The predicted molar refractivity (Wildman–Crippen MR) is 130 cm³/mol. The number of fused-ring (bicyclic) bond motifs is 1. The Morgan fingerprint density at radius 3 is 2.61 bits per heavy atom. The molecule has 0 aliphatic heterocycles. The fourth-order valence-corrected chi connectivity index (χ4v) is 3.95. The van der Waals surface area contributed by atoms with Crippen molar-refractivity contribution in [2.75, 3.05) is 25.4 Å². The number of rotatable bonds is 9. The van der Waals surface area contributed by atoms with E-state index in [0.29, 0.717) is 48.6 Å². The third-order valence-electron chi connectivity index (χ3n) is 5.58. The molecule has 3 rings (SSSR count). The molecule has 8 heteroatoms. The second kappa shape index (κ2) is 10.7. The molecule has 0 saturated heterocycles. The molecule has 2 heterocycles. The minimum Gasteiger partial charge on any atom is -0.396 e. The average molecular weight is 447 g/mol. The fraction of sp³-hybridized carbons (Fsp3) is 0.360. The molecule has 172 valence electrons. The van der Waals surface area contributed by atoms with Crippen LogP contribution in [0, 0.1) is 18.3 Å². The van der Waals surface area contributed by atoms with Crippen LogP contribution >= 0.6 is 0 Å². The highest BCUT2D eigenvalue weighted by Gasteiger charge is 2.23. The maximum Gasteiger partial charge on any atom is 0.264 e. The number of amides is 1. The van der Waals surface area contributed by atoms with E-state index < -0.39 is 0 Å². The number of aliphatic hydroxyl groups is 1. The quantitative estimate of drug-likeness (QED) is 0.383. The van der Waals surface area contributed by atoms with Gasteiger partial charge in [-0.25, -0.2) is 9.97 Å². The van der Waals surface area contributed by atoms with Gasteiger partial charge in [0.1, 0.15) is 29.4 Å². The van der Waals surface area contributed by atoms with Crippen LogP contribution in [0.15, 0.2) is 36.2 Å². The molecule has 0 radical (unpaired) electrons. The zero-order valence-corrected chi connectivity index (χ0v) is 19.4. The number of carbonyl (C=O) groups is 1. The molecule has 0 bridgehead atoms. The van der Waals surface area contributed by atoms with Gasteiger partial charge in [0.15, 0.2) is 0 Å². The summed E-state index contributed by atoms with van der Waals surface area (Å²) in [7, 11) is 0. The highest BCUT2D eigenvalue weighted by molar-refractivity contribution is 6.08. The third-order valence-corrected chi connectivity index (χ3v) is 5.58. The Kier molecular flexibility index (Phi) is 7.80. The van der Waals surface area contributed by atoms with Gasteiger partial charge < -0.3 is 20.3 Å². The molecule has 3 N–H and O–H groups in total. The Balaban J connectivity index is 2.34. The van der Waals surface area contributed by atoms with Crippen LogP contribution in [0.2, 0.25) is 0 Å². The van der Waals surface area contributed by atoms with Gasteiger partial charge in [-0.15, -0.1) is 0 Å². The number of aromatic nitrogens is 3. The normalized spacial score (nSPS) is 11.5. The molecule has 1 aromatic carbocycles. The van der Waals surface area contributed by atoms with Gasteiger partial charge in [-0.1, -0.05) is 36.8 Å². The van der Waals surface area contributed by atoms with Gasteiger partial charge in [0.2, 0.25) is 0 Å². The number of nitriles is 1. The Labute approximate surface area is 194 Å². The summed E-state index contributed by atoms with van der Waals surface area (Å²) in [4.78, 5) is 23.4. The van der Waals surface area contributed by atoms with Crippen molar-refractivity contribution in [3.8, 4) is 17.2 Å². The van der Waals surface area contributed by atoms with E-state index in [9.17, 15) is 15.2 Å². The number of aryl methyl sites for hydroxylation is 2. The summed E-state index contributed by atoms with van der Waals surface area (Å²) in [6.45, 7) is 7.43. The van der Waals surface area contributed by atoms with Crippen molar-refractivity contribution < 1.29 is 9.90 Å². The Morgan fingerprint density at radius 2 is 2.00 bits per heavy atom. The Hall–Kier alpha value is -3.70. The van der Waals surface area contributed by atoms with E-state index in [0.717, 1.165) is 23.1 Å². The van der Waals surface area contributed by atoms with Crippen LogP contribution in [0.5, 0.6) is 0 Å². The lowest BCUT2D eigenvalue weighted by Gasteiger charge is -2.19. The summed E-state index contributed by atoms with van der Waals surface area (Å²) >= 11 is 0. The van der Waals surface area contributed by atoms with E-state index in [4.69, 9.17) is 5.73 Å². The standard InChI is InChI=1S/C25H30N6O2/c1-4-11-30(5-2)25(33)19(15-26)14-20-21(18-9-7-17(3)8-10-18)22-23(27)28-16-29-24(22)31(20)12-6-13-32/h7-10,14,16,32H,4-6,11-13H2,1-3H3,(H2,27,28,29). The lowest BCUT2D eigenvalue weighted by atomic mass is 10.00. The average Bonchev–Trinajstić information content (AvgIpc) is 3.13. The van der Waals surface area contributed by atoms with Crippen molar-refractivity contribution in [1.29, 1.82) is 5.26 Å². The summed E-state index contributed by atoms with van der Waals surface area (Å²) in [5.74, 6) is 0.00806. The number of benzene rings is 1. The highest BCUT2D eigenvalue weighted by atomic mass is 16.3. The van der Waals surface area contributed by atoms with E-state index in [1.807, 2.05) is 49.6 Å². The van der Waals surface area contributed by atoms with Gasteiger partial charge in [-0.05, 0) is 38.3 Å². The molecule has 3 aromatic rings. The second-order valence-electron chi connectivity index (χ2n) is 7.87. The van der Waals surface area contributed by atoms with Crippen LogP contribution in [0.1, 0.15) is 37.9 Å². The van der Waals surface area contributed by atoms with E-state index in [-0.39, 0.29) is 18.1 Å². The first-order valence-electron chi connectivity index (χ1n) is 11.2. The van der Waals surface area contributed by atoms with Crippen LogP contribution in [0.3, 0.4) is 0 Å². The molecule has 0 fully saturated rings. The molecule has 0 spiro atoms. The molecule has 33 heavy (non-hydrogen) atoms.